The van der Waals surface area contributed by atoms with E-state index in [1.54, 1.807) is 0 Å². The van der Waals surface area contributed by atoms with Crippen LogP contribution in [-0.4, -0.2) is 42.8 Å². The fourth-order valence-corrected chi connectivity index (χ4v) is 3.85. The number of nitrogens with one attached hydrogen (secondary N) is 1. The Kier molecular flexibility index (Phi) is 4.51. The average molecular weight is 304 g/mol. The molecular formula is C16H27F3N2. The molecule has 3 fully saturated rings. The van der Waals surface area contributed by atoms with Crippen LogP contribution in [-0.2, 0) is 0 Å². The van der Waals surface area contributed by atoms with Crippen molar-refractivity contribution in [1.29, 1.82) is 0 Å². The Balaban J connectivity index is 1.55. The molecule has 0 radical (unpaired) electrons. The maximum absolute atomic E-state index is 12.4. The van der Waals surface area contributed by atoms with Crippen molar-refractivity contribution in [2.75, 3.05) is 19.6 Å². The lowest BCUT2D eigenvalue weighted by Gasteiger charge is -2.42. The molecule has 1 N–H and O–H groups in total. The molecule has 5 heteroatoms. The Hall–Kier alpha value is -0.290. The van der Waals surface area contributed by atoms with Gasteiger partial charge in [-0.1, -0.05) is 12.8 Å². The van der Waals surface area contributed by atoms with Crippen LogP contribution in [0.4, 0.5) is 13.2 Å². The van der Waals surface area contributed by atoms with E-state index in [-0.39, 0.29) is 6.04 Å². The summed E-state index contributed by atoms with van der Waals surface area (Å²) in [5, 5.41) is 2.76. The highest BCUT2D eigenvalue weighted by Crippen LogP contribution is 2.40. The first kappa shape index (κ1) is 15.6. The highest BCUT2D eigenvalue weighted by molar-refractivity contribution is 4.93. The second-order valence-corrected chi connectivity index (χ2v) is 7.51. The molecule has 0 aromatic carbocycles. The van der Waals surface area contributed by atoms with Gasteiger partial charge in [-0.15, -0.1) is 0 Å². The molecule has 1 saturated heterocycles. The molecule has 3 atom stereocenters. The first-order chi connectivity index (χ1) is 9.90. The summed E-state index contributed by atoms with van der Waals surface area (Å²) in [4.78, 5) is 2.46. The molecule has 21 heavy (non-hydrogen) atoms. The number of rotatable bonds is 6. The van der Waals surface area contributed by atoms with Gasteiger partial charge in [-0.25, -0.2) is 0 Å². The number of hydrogen-bond acceptors (Lipinski definition) is 2. The Morgan fingerprint density at radius 1 is 1.10 bits per heavy atom. The highest BCUT2D eigenvalue weighted by Gasteiger charge is 2.39. The van der Waals surface area contributed by atoms with Crippen LogP contribution >= 0.6 is 0 Å². The fourth-order valence-electron chi connectivity index (χ4n) is 3.85. The quantitative estimate of drug-likeness (QED) is 0.809. The Morgan fingerprint density at radius 2 is 1.81 bits per heavy atom. The van der Waals surface area contributed by atoms with Gasteiger partial charge in [0.2, 0.25) is 0 Å². The number of halogens is 3. The molecule has 2 saturated carbocycles. The van der Waals surface area contributed by atoms with Crippen LogP contribution < -0.4 is 5.32 Å². The van der Waals surface area contributed by atoms with Crippen LogP contribution in [0.2, 0.25) is 0 Å². The summed E-state index contributed by atoms with van der Waals surface area (Å²) >= 11 is 0. The van der Waals surface area contributed by atoms with E-state index in [0.29, 0.717) is 12.0 Å². The Bertz CT molecular complexity index is 350. The van der Waals surface area contributed by atoms with E-state index in [0.717, 1.165) is 31.3 Å². The number of alkyl halides is 3. The van der Waals surface area contributed by atoms with Crippen LogP contribution in [0.5, 0.6) is 0 Å². The SMILES string of the molecule is CC(C1CC1)N1CC(CC2CC2)CC(NCC(F)(F)F)C1. The molecule has 3 aliphatic rings. The largest absolute Gasteiger partial charge is 0.401 e. The zero-order chi connectivity index (χ0) is 15.0. The van der Waals surface area contributed by atoms with Crippen LogP contribution in [0.15, 0.2) is 0 Å². The molecule has 0 spiro atoms. The first-order valence-corrected chi connectivity index (χ1v) is 8.45. The van der Waals surface area contributed by atoms with Gasteiger partial charge in [-0.2, -0.15) is 13.2 Å². The topological polar surface area (TPSA) is 15.3 Å². The summed E-state index contributed by atoms with van der Waals surface area (Å²) in [6, 6.07) is 0.549. The summed E-state index contributed by atoms with van der Waals surface area (Å²) in [6.07, 6.45) is 3.29. The molecule has 1 aliphatic heterocycles. The zero-order valence-corrected chi connectivity index (χ0v) is 12.8. The standard InChI is InChI=1S/C16H27F3N2/c1-11(14-4-5-14)21-8-13(6-12-2-3-12)7-15(9-21)20-10-16(17,18)19/h11-15,20H,2-10H2,1H3. The van der Waals surface area contributed by atoms with Crippen molar-refractivity contribution in [3.8, 4) is 0 Å². The summed E-state index contributed by atoms with van der Waals surface area (Å²) in [5.41, 5.74) is 0. The van der Waals surface area contributed by atoms with Gasteiger partial charge >= 0.3 is 6.18 Å². The fraction of sp³-hybridized carbons (Fsp3) is 1.00. The number of likely N-dealkylation sites (tertiary alicyclic amines) is 1. The summed E-state index contributed by atoms with van der Waals surface area (Å²) in [6.45, 7) is 3.30. The van der Waals surface area contributed by atoms with Gasteiger partial charge in [0.25, 0.3) is 0 Å². The molecular weight excluding hydrogens is 277 g/mol. The lowest BCUT2D eigenvalue weighted by atomic mass is 9.88. The normalized spacial score (nSPS) is 33.1. The van der Waals surface area contributed by atoms with E-state index in [9.17, 15) is 13.2 Å². The van der Waals surface area contributed by atoms with E-state index in [1.165, 1.54) is 32.1 Å². The van der Waals surface area contributed by atoms with Crippen molar-refractivity contribution in [3.05, 3.63) is 0 Å². The summed E-state index contributed by atoms with van der Waals surface area (Å²) in [7, 11) is 0. The first-order valence-electron chi connectivity index (χ1n) is 8.45. The van der Waals surface area contributed by atoms with Crippen LogP contribution in [0.25, 0.3) is 0 Å². The van der Waals surface area contributed by atoms with E-state index >= 15 is 0 Å². The predicted molar refractivity (Wildman–Crippen MR) is 77.1 cm³/mol. The van der Waals surface area contributed by atoms with Gasteiger partial charge in [0, 0.05) is 25.2 Å². The zero-order valence-electron chi connectivity index (χ0n) is 12.8. The Labute approximate surface area is 125 Å². The van der Waals surface area contributed by atoms with Crippen molar-refractivity contribution in [3.63, 3.8) is 0 Å². The van der Waals surface area contributed by atoms with Crippen LogP contribution in [0.1, 0.15) is 45.4 Å². The third-order valence-electron chi connectivity index (χ3n) is 5.40. The molecule has 122 valence electrons. The molecule has 3 rings (SSSR count). The van der Waals surface area contributed by atoms with Crippen LogP contribution in [0, 0.1) is 17.8 Å². The molecule has 0 aromatic rings. The molecule has 2 nitrogen and oxygen atoms in total. The molecule has 1 heterocycles. The molecule has 0 bridgehead atoms. The minimum absolute atomic E-state index is 0.00493. The monoisotopic (exact) mass is 304 g/mol. The minimum Gasteiger partial charge on any atom is -0.305 e. The molecule has 2 aliphatic carbocycles. The van der Waals surface area contributed by atoms with Crippen LogP contribution in [0.3, 0.4) is 0 Å². The minimum atomic E-state index is -4.10. The van der Waals surface area contributed by atoms with E-state index < -0.39 is 12.7 Å². The molecule has 3 unspecified atom stereocenters. The van der Waals surface area contributed by atoms with Gasteiger partial charge in [0.15, 0.2) is 0 Å². The smallest absolute Gasteiger partial charge is 0.305 e. The maximum Gasteiger partial charge on any atom is 0.401 e. The van der Waals surface area contributed by atoms with Crippen molar-refractivity contribution >= 4 is 0 Å². The van der Waals surface area contributed by atoms with Gasteiger partial charge in [-0.05, 0) is 50.4 Å². The number of nitrogens with zero attached hydrogens (tertiary/aromatic N) is 1. The summed E-state index contributed by atoms with van der Waals surface area (Å²) < 4.78 is 37.3. The third-order valence-corrected chi connectivity index (χ3v) is 5.40. The number of piperidine rings is 1. The van der Waals surface area contributed by atoms with Gasteiger partial charge in [-0.3, -0.25) is 4.90 Å². The van der Waals surface area contributed by atoms with Gasteiger partial charge < -0.3 is 5.32 Å². The van der Waals surface area contributed by atoms with Gasteiger partial charge in [0.05, 0.1) is 6.54 Å². The second-order valence-electron chi connectivity index (χ2n) is 7.51. The predicted octanol–water partition coefficient (Wildman–Crippen LogP) is 3.43. The van der Waals surface area contributed by atoms with Gasteiger partial charge in [0.1, 0.15) is 0 Å². The third kappa shape index (κ3) is 4.85. The van der Waals surface area contributed by atoms with E-state index in [1.807, 2.05) is 0 Å². The number of hydrogen-bond donors (Lipinski definition) is 1. The van der Waals surface area contributed by atoms with Crippen molar-refractivity contribution in [2.45, 2.75) is 63.7 Å². The van der Waals surface area contributed by atoms with Crippen molar-refractivity contribution < 1.29 is 13.2 Å². The molecule has 0 amide bonds. The molecule has 0 aromatic heterocycles. The Morgan fingerprint density at radius 3 is 2.38 bits per heavy atom. The van der Waals surface area contributed by atoms with Crippen molar-refractivity contribution in [1.82, 2.24) is 10.2 Å². The second kappa shape index (κ2) is 6.07. The average Bonchev–Trinajstić information content (AvgIpc) is 3.27. The lowest BCUT2D eigenvalue weighted by Crippen LogP contribution is -2.53. The van der Waals surface area contributed by atoms with E-state index in [4.69, 9.17) is 0 Å². The maximum atomic E-state index is 12.4. The lowest BCUT2D eigenvalue weighted by molar-refractivity contribution is -0.127. The highest BCUT2D eigenvalue weighted by atomic mass is 19.4. The van der Waals surface area contributed by atoms with E-state index in [2.05, 4.69) is 17.1 Å². The summed E-state index contributed by atoms with van der Waals surface area (Å²) in [5.74, 6) is 2.22. The van der Waals surface area contributed by atoms with Crippen molar-refractivity contribution in [2.24, 2.45) is 17.8 Å².